The number of hydrogen-bond donors (Lipinski definition) is 0. The quantitative estimate of drug-likeness (QED) is 0.504. The summed E-state index contributed by atoms with van der Waals surface area (Å²) in [6, 6.07) is 21.8. The van der Waals surface area contributed by atoms with E-state index in [0.717, 1.165) is 16.8 Å². The summed E-state index contributed by atoms with van der Waals surface area (Å²) in [6.45, 7) is 0. The van der Waals surface area contributed by atoms with E-state index in [1.165, 1.54) is 4.68 Å². The van der Waals surface area contributed by atoms with Crippen LogP contribution in [0.15, 0.2) is 77.9 Å². The predicted molar refractivity (Wildman–Crippen MR) is 105 cm³/mol. The van der Waals surface area contributed by atoms with Crippen molar-refractivity contribution in [2.45, 2.75) is 0 Å². The second-order valence-corrected chi connectivity index (χ2v) is 6.25. The largest absolute Gasteiger partial charge is 0.249 e. The third-order valence-corrected chi connectivity index (χ3v) is 4.28. The fourth-order valence-corrected chi connectivity index (χ4v) is 2.95. The molecule has 2 aromatic carbocycles. The highest BCUT2D eigenvalue weighted by Crippen LogP contribution is 2.28. The highest BCUT2D eigenvalue weighted by molar-refractivity contribution is 6.33. The van der Waals surface area contributed by atoms with E-state index in [4.69, 9.17) is 16.6 Å². The summed E-state index contributed by atoms with van der Waals surface area (Å²) in [5.74, 6) is 0.502. The first-order chi connectivity index (χ1) is 13.2. The third kappa shape index (κ3) is 3.61. The Morgan fingerprint density at radius 3 is 2.11 bits per heavy atom. The van der Waals surface area contributed by atoms with Crippen molar-refractivity contribution in [3.8, 4) is 11.5 Å². The fraction of sp³-hybridized carbons (Fsp3) is 0.0500. The first-order valence-corrected chi connectivity index (χ1v) is 8.68. The Labute approximate surface area is 161 Å². The van der Waals surface area contributed by atoms with Gasteiger partial charge >= 0.3 is 0 Å². The lowest BCUT2D eigenvalue weighted by Gasteiger charge is -2.08. The van der Waals surface area contributed by atoms with Crippen molar-refractivity contribution in [2.24, 2.45) is 12.0 Å². The molecule has 0 radical (unpaired) electrons. The summed E-state index contributed by atoms with van der Waals surface area (Å²) < 4.78 is 1.52. The Balaban J connectivity index is 1.79. The van der Waals surface area contributed by atoms with E-state index in [-0.39, 0.29) is 0 Å². The zero-order valence-electron chi connectivity index (χ0n) is 14.5. The number of hydrogen-bond acceptors (Lipinski definition) is 5. The zero-order chi connectivity index (χ0) is 18.6. The molecule has 4 aromatic rings. The first-order valence-electron chi connectivity index (χ1n) is 8.30. The van der Waals surface area contributed by atoms with Crippen molar-refractivity contribution in [3.05, 3.63) is 89.1 Å². The van der Waals surface area contributed by atoms with E-state index >= 15 is 0 Å². The average Bonchev–Trinajstić information content (AvgIpc) is 3.13. The van der Waals surface area contributed by atoms with Gasteiger partial charge in [0.25, 0.3) is 0 Å². The van der Waals surface area contributed by atoms with Crippen LogP contribution in [-0.4, -0.2) is 30.9 Å². The molecule has 0 unspecified atom stereocenters. The number of aromatic nitrogens is 5. The average molecular weight is 375 g/mol. The molecular formula is C20H15ClN6. The Hall–Kier alpha value is -3.38. The van der Waals surface area contributed by atoms with Crippen molar-refractivity contribution in [3.63, 3.8) is 0 Å². The highest BCUT2D eigenvalue weighted by Gasteiger charge is 2.13. The van der Waals surface area contributed by atoms with Crippen molar-refractivity contribution in [2.75, 3.05) is 0 Å². The maximum absolute atomic E-state index is 6.43. The van der Waals surface area contributed by atoms with Crippen LogP contribution in [0.1, 0.15) is 11.1 Å². The van der Waals surface area contributed by atoms with Crippen molar-refractivity contribution < 1.29 is 0 Å². The molecule has 0 saturated heterocycles. The molecule has 6 nitrogen and oxygen atoms in total. The molecule has 2 aromatic heterocycles. The van der Waals surface area contributed by atoms with Gasteiger partial charge in [0.15, 0.2) is 0 Å². The summed E-state index contributed by atoms with van der Waals surface area (Å²) in [7, 11) is 1.74. The van der Waals surface area contributed by atoms with Crippen molar-refractivity contribution >= 4 is 23.0 Å². The minimum Gasteiger partial charge on any atom is -0.249 e. The summed E-state index contributed by atoms with van der Waals surface area (Å²) in [5.41, 5.74) is 4.05. The van der Waals surface area contributed by atoms with Gasteiger partial charge in [-0.1, -0.05) is 72.3 Å². The van der Waals surface area contributed by atoms with Gasteiger partial charge in [-0.2, -0.15) is 0 Å². The van der Waals surface area contributed by atoms with E-state index in [1.54, 1.807) is 19.3 Å². The summed E-state index contributed by atoms with van der Waals surface area (Å²) in [5, 5.41) is 11.8. The van der Waals surface area contributed by atoms with Crippen LogP contribution in [0.3, 0.4) is 0 Å². The molecule has 0 amide bonds. The minimum absolute atomic E-state index is 0.439. The lowest BCUT2D eigenvalue weighted by molar-refractivity contribution is 0.713. The van der Waals surface area contributed by atoms with Crippen LogP contribution >= 0.6 is 11.6 Å². The maximum Gasteiger partial charge on any atom is 0.201 e. The summed E-state index contributed by atoms with van der Waals surface area (Å²) in [4.78, 5) is 9.24. The van der Waals surface area contributed by atoms with Gasteiger partial charge in [-0.3, -0.25) is 0 Å². The van der Waals surface area contributed by atoms with Crippen molar-refractivity contribution in [1.29, 1.82) is 0 Å². The Morgan fingerprint density at radius 1 is 0.963 bits per heavy atom. The van der Waals surface area contributed by atoms with Gasteiger partial charge in [0.1, 0.15) is 5.69 Å². The maximum atomic E-state index is 6.43. The van der Waals surface area contributed by atoms with Gasteiger partial charge in [0.05, 0.1) is 22.6 Å². The van der Waals surface area contributed by atoms with Crippen LogP contribution in [0.5, 0.6) is 0 Å². The molecule has 0 bridgehead atoms. The van der Waals surface area contributed by atoms with Crippen LogP contribution in [0.2, 0.25) is 5.02 Å². The monoisotopic (exact) mass is 374 g/mol. The first kappa shape index (κ1) is 17.1. The molecule has 0 N–H and O–H groups in total. The Bertz CT molecular complexity index is 1050. The van der Waals surface area contributed by atoms with Gasteiger partial charge < -0.3 is 0 Å². The number of nitrogens with zero attached hydrogens (tertiary/aromatic N) is 6. The number of aryl methyl sites for hydroxylation is 1. The fourth-order valence-electron chi connectivity index (χ4n) is 2.70. The van der Waals surface area contributed by atoms with Gasteiger partial charge in [0.2, 0.25) is 5.82 Å². The van der Waals surface area contributed by atoms with E-state index < -0.39 is 0 Å². The van der Waals surface area contributed by atoms with E-state index in [1.807, 2.05) is 60.7 Å². The number of halogens is 1. The molecule has 0 saturated carbocycles. The van der Waals surface area contributed by atoms with Crippen LogP contribution in [-0.2, 0) is 7.05 Å². The number of rotatable bonds is 4. The molecule has 2 heterocycles. The van der Waals surface area contributed by atoms with Gasteiger partial charge in [-0.05, 0) is 16.5 Å². The minimum atomic E-state index is 0.439. The predicted octanol–water partition coefficient (Wildman–Crippen LogP) is 4.09. The number of pyridine rings is 1. The molecule has 27 heavy (non-hydrogen) atoms. The lowest BCUT2D eigenvalue weighted by Crippen LogP contribution is -2.02. The second-order valence-electron chi connectivity index (χ2n) is 5.84. The van der Waals surface area contributed by atoms with Gasteiger partial charge in [-0.15, -0.1) is 5.10 Å². The molecule has 0 atom stereocenters. The molecule has 132 valence electrons. The van der Waals surface area contributed by atoms with Crippen molar-refractivity contribution in [1.82, 2.24) is 25.2 Å². The molecule has 7 heteroatoms. The normalized spacial score (nSPS) is 10.6. The third-order valence-electron chi connectivity index (χ3n) is 3.99. The van der Waals surface area contributed by atoms with Gasteiger partial charge in [0, 0.05) is 18.2 Å². The molecule has 0 aliphatic heterocycles. The number of aliphatic imine (C=N–C) groups is 1. The smallest absolute Gasteiger partial charge is 0.201 e. The highest BCUT2D eigenvalue weighted by atomic mass is 35.5. The molecule has 0 aliphatic rings. The van der Waals surface area contributed by atoms with Gasteiger partial charge in [-0.25, -0.2) is 14.7 Å². The lowest BCUT2D eigenvalue weighted by atomic mass is 10.0. The van der Waals surface area contributed by atoms with E-state index in [2.05, 4.69) is 20.5 Å². The van der Waals surface area contributed by atoms with Crippen LogP contribution in [0, 0.1) is 0 Å². The van der Waals surface area contributed by atoms with Crippen LogP contribution in [0.4, 0.5) is 5.69 Å². The van der Waals surface area contributed by atoms with E-state index in [9.17, 15) is 0 Å². The molecule has 0 aliphatic carbocycles. The molecular weight excluding hydrogens is 360 g/mol. The number of tetrazole rings is 1. The zero-order valence-corrected chi connectivity index (χ0v) is 15.2. The van der Waals surface area contributed by atoms with Crippen LogP contribution in [0.25, 0.3) is 11.5 Å². The molecule has 4 rings (SSSR count). The summed E-state index contributed by atoms with van der Waals surface area (Å²) >= 11 is 6.43. The Kier molecular flexibility index (Phi) is 4.72. The number of benzene rings is 2. The molecule has 0 fully saturated rings. The van der Waals surface area contributed by atoms with Crippen LogP contribution < -0.4 is 0 Å². The summed E-state index contributed by atoms with van der Waals surface area (Å²) in [6.07, 6.45) is 1.67. The van der Waals surface area contributed by atoms with E-state index in [0.29, 0.717) is 22.2 Å². The molecule has 0 spiro atoms. The second kappa shape index (κ2) is 7.47. The standard InChI is InChI=1S/C20H15ClN6/c1-27-20(24-25-26-27)19-17(21)12-16(13-22-19)23-18(14-8-4-2-5-9-14)15-10-6-3-7-11-15/h2-13H,1H3. The topological polar surface area (TPSA) is 68.8 Å². The Morgan fingerprint density at radius 2 is 1.59 bits per heavy atom. The SMILES string of the molecule is Cn1nnnc1-c1ncc(N=C(c2ccccc2)c2ccccc2)cc1Cl.